The Hall–Kier alpha value is -2.66. The van der Waals surface area contributed by atoms with Gasteiger partial charge in [-0.15, -0.1) is 0 Å². The Morgan fingerprint density at radius 1 is 1.12 bits per heavy atom. The summed E-state index contributed by atoms with van der Waals surface area (Å²) in [4.78, 5) is 15.8. The standard InChI is InChI=1S/C20H24N2O3/c1-15(23)13-18(17-8-3-5-10-20(17)25)22-12-6-11-21-14-16-7-2-4-9-19(16)24/h2-5,7-10,14,18,22,24-25H,6,11-13H2,1H3. The van der Waals surface area contributed by atoms with Crippen molar-refractivity contribution in [1.82, 2.24) is 5.32 Å². The topological polar surface area (TPSA) is 81.9 Å². The lowest BCUT2D eigenvalue weighted by molar-refractivity contribution is -0.117. The van der Waals surface area contributed by atoms with Gasteiger partial charge in [0.2, 0.25) is 0 Å². The summed E-state index contributed by atoms with van der Waals surface area (Å²) in [5.41, 5.74) is 1.43. The summed E-state index contributed by atoms with van der Waals surface area (Å²) >= 11 is 0. The monoisotopic (exact) mass is 340 g/mol. The molecule has 2 aromatic rings. The highest BCUT2D eigenvalue weighted by Crippen LogP contribution is 2.26. The summed E-state index contributed by atoms with van der Waals surface area (Å²) < 4.78 is 0. The van der Waals surface area contributed by atoms with Crippen molar-refractivity contribution < 1.29 is 15.0 Å². The summed E-state index contributed by atoms with van der Waals surface area (Å²) in [7, 11) is 0. The van der Waals surface area contributed by atoms with E-state index in [0.717, 1.165) is 12.0 Å². The largest absolute Gasteiger partial charge is 0.508 e. The molecule has 0 heterocycles. The number of aromatic hydroxyl groups is 2. The van der Waals surface area contributed by atoms with Crippen molar-refractivity contribution >= 4 is 12.0 Å². The Bertz CT molecular complexity index is 728. The van der Waals surface area contributed by atoms with E-state index < -0.39 is 0 Å². The maximum atomic E-state index is 11.5. The van der Waals surface area contributed by atoms with Crippen LogP contribution in [-0.4, -0.2) is 35.3 Å². The van der Waals surface area contributed by atoms with Crippen LogP contribution in [-0.2, 0) is 4.79 Å². The summed E-state index contributed by atoms with van der Waals surface area (Å²) in [5, 5.41) is 23.0. The lowest BCUT2D eigenvalue weighted by Crippen LogP contribution is -2.25. The molecule has 0 aliphatic rings. The van der Waals surface area contributed by atoms with Crippen molar-refractivity contribution in [3.05, 3.63) is 59.7 Å². The van der Waals surface area contributed by atoms with E-state index in [9.17, 15) is 15.0 Å². The van der Waals surface area contributed by atoms with Crippen LogP contribution in [0.2, 0.25) is 0 Å². The molecule has 2 rings (SSSR count). The summed E-state index contributed by atoms with van der Waals surface area (Å²) in [6.45, 7) is 2.82. The Morgan fingerprint density at radius 2 is 1.80 bits per heavy atom. The van der Waals surface area contributed by atoms with Gasteiger partial charge >= 0.3 is 0 Å². The molecule has 5 heteroatoms. The Morgan fingerprint density at radius 3 is 2.48 bits per heavy atom. The first-order valence-corrected chi connectivity index (χ1v) is 8.36. The third-order valence-electron chi connectivity index (χ3n) is 3.83. The fourth-order valence-corrected chi connectivity index (χ4v) is 2.57. The molecular weight excluding hydrogens is 316 g/mol. The highest BCUT2D eigenvalue weighted by atomic mass is 16.3. The van der Waals surface area contributed by atoms with Gasteiger partial charge < -0.3 is 15.5 Å². The van der Waals surface area contributed by atoms with Crippen LogP contribution in [0.25, 0.3) is 0 Å². The zero-order chi connectivity index (χ0) is 18.1. The molecular formula is C20H24N2O3. The minimum atomic E-state index is -0.208. The number of nitrogens with zero attached hydrogens (tertiary/aromatic N) is 1. The second-order valence-corrected chi connectivity index (χ2v) is 5.92. The summed E-state index contributed by atoms with van der Waals surface area (Å²) in [6.07, 6.45) is 2.77. The fourth-order valence-electron chi connectivity index (χ4n) is 2.57. The molecule has 132 valence electrons. The molecule has 0 fully saturated rings. The van der Waals surface area contributed by atoms with E-state index in [4.69, 9.17) is 0 Å². The normalized spacial score (nSPS) is 12.4. The molecule has 0 aromatic heterocycles. The van der Waals surface area contributed by atoms with E-state index in [0.29, 0.717) is 25.1 Å². The molecule has 5 nitrogen and oxygen atoms in total. The van der Waals surface area contributed by atoms with Gasteiger partial charge in [-0.25, -0.2) is 0 Å². The number of carbonyl (C=O) groups excluding carboxylic acids is 1. The van der Waals surface area contributed by atoms with Crippen LogP contribution >= 0.6 is 0 Å². The minimum absolute atomic E-state index is 0.0679. The number of hydrogen-bond donors (Lipinski definition) is 3. The molecule has 0 radical (unpaired) electrons. The number of benzene rings is 2. The zero-order valence-electron chi connectivity index (χ0n) is 14.4. The third kappa shape index (κ3) is 6.04. The van der Waals surface area contributed by atoms with Crippen LogP contribution in [0.5, 0.6) is 11.5 Å². The van der Waals surface area contributed by atoms with Gasteiger partial charge in [-0.3, -0.25) is 9.79 Å². The first-order valence-electron chi connectivity index (χ1n) is 8.36. The van der Waals surface area contributed by atoms with Crippen molar-refractivity contribution in [2.24, 2.45) is 4.99 Å². The zero-order valence-corrected chi connectivity index (χ0v) is 14.4. The Labute approximate surface area is 148 Å². The molecule has 3 N–H and O–H groups in total. The molecule has 0 saturated carbocycles. The van der Waals surface area contributed by atoms with Crippen molar-refractivity contribution in [2.75, 3.05) is 13.1 Å². The SMILES string of the molecule is CC(=O)CC(NCCCN=Cc1ccccc1O)c1ccccc1O. The molecule has 0 saturated heterocycles. The van der Waals surface area contributed by atoms with Gasteiger partial charge in [0.1, 0.15) is 17.3 Å². The van der Waals surface area contributed by atoms with Gasteiger partial charge in [-0.2, -0.15) is 0 Å². The maximum absolute atomic E-state index is 11.5. The maximum Gasteiger partial charge on any atom is 0.131 e. The van der Waals surface area contributed by atoms with Crippen molar-refractivity contribution in [3.8, 4) is 11.5 Å². The average Bonchev–Trinajstić information content (AvgIpc) is 2.58. The predicted molar refractivity (Wildman–Crippen MR) is 99.3 cm³/mol. The highest BCUT2D eigenvalue weighted by Gasteiger charge is 2.16. The van der Waals surface area contributed by atoms with Crippen LogP contribution in [0.3, 0.4) is 0 Å². The lowest BCUT2D eigenvalue weighted by Gasteiger charge is -2.18. The first kappa shape index (κ1) is 18.7. The number of nitrogens with one attached hydrogen (secondary N) is 1. The van der Waals surface area contributed by atoms with Crippen LogP contribution in [0.15, 0.2) is 53.5 Å². The molecule has 2 aromatic carbocycles. The smallest absolute Gasteiger partial charge is 0.131 e. The van der Waals surface area contributed by atoms with Crippen molar-refractivity contribution in [1.29, 1.82) is 0 Å². The number of para-hydroxylation sites is 2. The molecule has 1 unspecified atom stereocenters. The van der Waals surface area contributed by atoms with Gasteiger partial charge in [-0.1, -0.05) is 30.3 Å². The van der Waals surface area contributed by atoms with E-state index in [2.05, 4.69) is 10.3 Å². The predicted octanol–water partition coefficient (Wildman–Crippen LogP) is 3.22. The molecule has 0 aliphatic heterocycles. The van der Waals surface area contributed by atoms with Crippen molar-refractivity contribution in [3.63, 3.8) is 0 Å². The number of Topliss-reactive ketones (excluding diaryl/α,β-unsaturated/α-hetero) is 1. The Kier molecular flexibility index (Phi) is 7.16. The van der Waals surface area contributed by atoms with Crippen LogP contribution in [0.1, 0.15) is 36.9 Å². The van der Waals surface area contributed by atoms with Gasteiger partial charge in [0.25, 0.3) is 0 Å². The van der Waals surface area contributed by atoms with Gasteiger partial charge in [0.15, 0.2) is 0 Å². The number of rotatable bonds is 9. The second kappa shape index (κ2) is 9.59. The van der Waals surface area contributed by atoms with Crippen LogP contribution < -0.4 is 5.32 Å². The van der Waals surface area contributed by atoms with Crippen molar-refractivity contribution in [2.45, 2.75) is 25.8 Å². The van der Waals surface area contributed by atoms with Crippen LogP contribution in [0.4, 0.5) is 0 Å². The third-order valence-corrected chi connectivity index (χ3v) is 3.83. The summed E-state index contributed by atoms with van der Waals surface area (Å²) in [5.74, 6) is 0.475. The fraction of sp³-hybridized carbons (Fsp3) is 0.300. The van der Waals surface area contributed by atoms with Crippen LogP contribution in [0, 0.1) is 0 Å². The molecule has 0 spiro atoms. The average molecular weight is 340 g/mol. The summed E-state index contributed by atoms with van der Waals surface area (Å²) in [6, 6.07) is 13.9. The highest BCUT2D eigenvalue weighted by molar-refractivity contribution is 5.83. The number of phenolic OH excluding ortho intramolecular Hbond substituents is 2. The van der Waals surface area contributed by atoms with E-state index >= 15 is 0 Å². The second-order valence-electron chi connectivity index (χ2n) is 5.92. The van der Waals surface area contributed by atoms with E-state index in [1.165, 1.54) is 0 Å². The minimum Gasteiger partial charge on any atom is -0.508 e. The number of hydrogen-bond acceptors (Lipinski definition) is 5. The van der Waals surface area contributed by atoms with Gasteiger partial charge in [0, 0.05) is 36.3 Å². The molecule has 0 amide bonds. The van der Waals surface area contributed by atoms with Gasteiger partial charge in [-0.05, 0) is 38.1 Å². The molecule has 0 aliphatic carbocycles. The number of aliphatic imine (C=N–C) groups is 1. The van der Waals surface area contributed by atoms with Gasteiger partial charge in [0.05, 0.1) is 0 Å². The lowest BCUT2D eigenvalue weighted by atomic mass is 10.0. The molecule has 1 atom stereocenters. The number of phenols is 2. The molecule has 25 heavy (non-hydrogen) atoms. The van der Waals surface area contributed by atoms with E-state index in [1.54, 1.807) is 43.5 Å². The Balaban J connectivity index is 1.84. The van der Waals surface area contributed by atoms with E-state index in [1.807, 2.05) is 18.2 Å². The van der Waals surface area contributed by atoms with E-state index in [-0.39, 0.29) is 23.3 Å². The quantitative estimate of drug-likeness (QED) is 0.483. The number of ketones is 1. The number of carbonyl (C=O) groups is 1. The molecule has 0 bridgehead atoms. The first-order chi connectivity index (χ1) is 12.1.